The summed E-state index contributed by atoms with van der Waals surface area (Å²) in [5.41, 5.74) is 5.11. The quantitative estimate of drug-likeness (QED) is 0.301. The van der Waals surface area contributed by atoms with Crippen LogP contribution in [0.1, 0.15) is 44.3 Å². The third-order valence-corrected chi connectivity index (χ3v) is 8.86. The predicted molar refractivity (Wildman–Crippen MR) is 153 cm³/mol. The smallest absolute Gasteiger partial charge is 0.339 e. The van der Waals surface area contributed by atoms with Crippen molar-refractivity contribution in [3.8, 4) is 0 Å². The topological polar surface area (TPSA) is 92.8 Å². The third-order valence-electron chi connectivity index (χ3n) is 7.02. The number of ether oxygens (including phenoxy) is 1. The highest BCUT2D eigenvalue weighted by Crippen LogP contribution is 2.27. The van der Waals surface area contributed by atoms with E-state index in [0.29, 0.717) is 24.2 Å². The third kappa shape index (κ3) is 5.83. The summed E-state index contributed by atoms with van der Waals surface area (Å²) >= 11 is 0. The van der Waals surface area contributed by atoms with Gasteiger partial charge in [-0.1, -0.05) is 72.8 Å². The van der Waals surface area contributed by atoms with Crippen molar-refractivity contribution in [3.63, 3.8) is 0 Å². The first kappa shape index (κ1) is 27.3. The number of hydrogen-bond donors (Lipinski definition) is 1. The molecule has 1 amide bonds. The van der Waals surface area contributed by atoms with E-state index in [1.807, 2.05) is 56.3 Å². The molecule has 0 saturated carbocycles. The lowest BCUT2D eigenvalue weighted by molar-refractivity contribution is -0.125. The molecule has 0 fully saturated rings. The average molecular weight is 555 g/mol. The fraction of sp³-hybridized carbons (Fsp3) is 0.188. The molecule has 0 aliphatic carbocycles. The van der Waals surface area contributed by atoms with Gasteiger partial charge < -0.3 is 10.1 Å². The minimum Gasteiger partial charge on any atom is -0.444 e. The second kappa shape index (κ2) is 11.5. The van der Waals surface area contributed by atoms with E-state index in [-0.39, 0.29) is 17.0 Å². The van der Waals surface area contributed by atoms with E-state index >= 15 is 0 Å². The largest absolute Gasteiger partial charge is 0.444 e. The molecule has 0 bridgehead atoms. The van der Waals surface area contributed by atoms with Gasteiger partial charge in [-0.25, -0.2) is 13.2 Å². The van der Waals surface area contributed by atoms with Crippen molar-refractivity contribution >= 4 is 27.6 Å². The van der Waals surface area contributed by atoms with E-state index in [2.05, 4.69) is 5.32 Å². The van der Waals surface area contributed by atoms with Crippen molar-refractivity contribution in [2.75, 3.05) is 11.9 Å². The summed E-state index contributed by atoms with van der Waals surface area (Å²) in [7, 11) is -3.86. The number of rotatable bonds is 7. The van der Waals surface area contributed by atoms with Gasteiger partial charge in [-0.3, -0.25) is 4.79 Å². The second-order valence-corrected chi connectivity index (χ2v) is 11.8. The lowest BCUT2D eigenvalue weighted by Gasteiger charge is -2.28. The lowest BCUT2D eigenvalue weighted by atomic mass is 10.0. The molecule has 1 N–H and O–H groups in total. The van der Waals surface area contributed by atoms with Crippen LogP contribution in [0.15, 0.2) is 102 Å². The number of aryl methyl sites for hydroxylation is 2. The Kier molecular flexibility index (Phi) is 7.82. The standard InChI is InChI=1S/C32H30N2O5S/c1-22-15-16-23(2)29(19-22)33-31(35)30(25-10-4-3-5-11-25)39-32(36)26-13-8-14-28(20-26)40(37,38)34-18-17-24-9-6-7-12-27(24)21-34/h3-16,19-20,30H,17-18,21H2,1-2H3,(H,33,35)/t30-/m0/s1. The van der Waals surface area contributed by atoms with Gasteiger partial charge in [0.15, 0.2) is 0 Å². The van der Waals surface area contributed by atoms with E-state index < -0.39 is 28.0 Å². The SMILES string of the molecule is Cc1ccc(C)c(NC(=O)[C@@H](OC(=O)c2cccc(S(=O)(=O)N3CCc4ccccc4C3)c2)c2ccccc2)c1. The molecule has 0 aromatic heterocycles. The molecule has 1 aliphatic rings. The average Bonchev–Trinajstić information content (AvgIpc) is 2.97. The minimum absolute atomic E-state index is 0.00238. The fourth-order valence-corrected chi connectivity index (χ4v) is 6.22. The second-order valence-electron chi connectivity index (χ2n) is 9.89. The van der Waals surface area contributed by atoms with Gasteiger partial charge in [0, 0.05) is 24.3 Å². The van der Waals surface area contributed by atoms with Crippen LogP contribution in [-0.4, -0.2) is 31.1 Å². The first-order valence-corrected chi connectivity index (χ1v) is 14.5. The number of esters is 1. The van der Waals surface area contributed by atoms with Crippen LogP contribution in [0.2, 0.25) is 0 Å². The predicted octanol–water partition coefficient (Wildman–Crippen LogP) is 5.59. The first-order valence-electron chi connectivity index (χ1n) is 13.0. The van der Waals surface area contributed by atoms with Gasteiger partial charge in [0.05, 0.1) is 10.5 Å². The monoisotopic (exact) mass is 554 g/mol. The molecule has 8 heteroatoms. The minimum atomic E-state index is -3.86. The Hall–Kier alpha value is -4.27. The van der Waals surface area contributed by atoms with Crippen LogP contribution in [0.3, 0.4) is 0 Å². The number of carbonyl (C=O) groups excluding carboxylic acids is 2. The van der Waals surface area contributed by atoms with Crippen LogP contribution >= 0.6 is 0 Å². The number of benzene rings is 4. The van der Waals surface area contributed by atoms with E-state index in [0.717, 1.165) is 22.3 Å². The number of carbonyl (C=O) groups is 2. The number of anilines is 1. The molecular formula is C32H30N2O5S. The summed E-state index contributed by atoms with van der Waals surface area (Å²) in [6.45, 7) is 4.42. The van der Waals surface area contributed by atoms with Crippen molar-refractivity contribution in [1.82, 2.24) is 4.31 Å². The van der Waals surface area contributed by atoms with Crippen molar-refractivity contribution in [1.29, 1.82) is 0 Å². The van der Waals surface area contributed by atoms with E-state index in [1.165, 1.54) is 28.6 Å². The Morgan fingerprint density at radius 3 is 2.35 bits per heavy atom. The molecule has 0 saturated heterocycles. The Morgan fingerprint density at radius 2 is 1.57 bits per heavy atom. The molecule has 1 heterocycles. The highest BCUT2D eigenvalue weighted by molar-refractivity contribution is 7.89. The van der Waals surface area contributed by atoms with Gasteiger partial charge in [0.2, 0.25) is 16.1 Å². The van der Waals surface area contributed by atoms with Gasteiger partial charge in [0.1, 0.15) is 0 Å². The van der Waals surface area contributed by atoms with Gasteiger partial charge in [-0.05, 0) is 66.8 Å². The fourth-order valence-electron chi connectivity index (χ4n) is 4.75. The zero-order valence-electron chi connectivity index (χ0n) is 22.3. The summed E-state index contributed by atoms with van der Waals surface area (Å²) < 4.78 is 34.1. The summed E-state index contributed by atoms with van der Waals surface area (Å²) in [5, 5.41) is 2.87. The molecule has 1 atom stereocenters. The van der Waals surface area contributed by atoms with Crippen molar-refractivity contribution in [2.24, 2.45) is 0 Å². The van der Waals surface area contributed by atoms with E-state index in [4.69, 9.17) is 4.74 Å². The van der Waals surface area contributed by atoms with Gasteiger partial charge in [-0.15, -0.1) is 0 Å². The van der Waals surface area contributed by atoms with Crippen molar-refractivity contribution < 1.29 is 22.7 Å². The summed E-state index contributed by atoms with van der Waals surface area (Å²) in [4.78, 5) is 26.7. The number of fused-ring (bicyclic) bond motifs is 1. The molecule has 0 unspecified atom stereocenters. The highest BCUT2D eigenvalue weighted by Gasteiger charge is 2.30. The number of nitrogens with one attached hydrogen (secondary N) is 1. The maximum Gasteiger partial charge on any atom is 0.339 e. The first-order chi connectivity index (χ1) is 19.2. The molecule has 7 nitrogen and oxygen atoms in total. The molecule has 40 heavy (non-hydrogen) atoms. The van der Waals surface area contributed by atoms with Crippen molar-refractivity contribution in [2.45, 2.75) is 37.8 Å². The molecule has 1 aliphatic heterocycles. The molecule has 0 spiro atoms. The summed E-state index contributed by atoms with van der Waals surface area (Å²) in [5.74, 6) is -1.31. The van der Waals surface area contributed by atoms with Crippen LogP contribution in [0.4, 0.5) is 5.69 Å². The highest BCUT2D eigenvalue weighted by atomic mass is 32.2. The van der Waals surface area contributed by atoms with Gasteiger partial charge in [-0.2, -0.15) is 4.31 Å². The molecule has 204 valence electrons. The van der Waals surface area contributed by atoms with Crippen LogP contribution in [0.5, 0.6) is 0 Å². The number of nitrogens with zero attached hydrogens (tertiary/aromatic N) is 1. The normalized spacial score (nSPS) is 14.2. The number of hydrogen-bond acceptors (Lipinski definition) is 5. The Labute approximate surface area is 234 Å². The lowest BCUT2D eigenvalue weighted by Crippen LogP contribution is -2.36. The van der Waals surface area contributed by atoms with Crippen LogP contribution in [0, 0.1) is 13.8 Å². The maximum absolute atomic E-state index is 13.5. The summed E-state index contributed by atoms with van der Waals surface area (Å²) in [6, 6.07) is 28.0. The molecule has 4 aromatic rings. The molecule has 4 aromatic carbocycles. The Balaban J connectivity index is 1.38. The molecule has 0 radical (unpaired) electrons. The van der Waals surface area contributed by atoms with Gasteiger partial charge in [0.25, 0.3) is 5.91 Å². The summed E-state index contributed by atoms with van der Waals surface area (Å²) in [6.07, 6.45) is -0.627. The van der Waals surface area contributed by atoms with Crippen LogP contribution in [0.25, 0.3) is 0 Å². The number of sulfonamides is 1. The zero-order chi connectivity index (χ0) is 28.3. The number of amides is 1. The van der Waals surface area contributed by atoms with Gasteiger partial charge >= 0.3 is 5.97 Å². The Morgan fingerprint density at radius 1 is 0.850 bits per heavy atom. The molecule has 5 rings (SSSR count). The molecular weight excluding hydrogens is 524 g/mol. The Bertz CT molecular complexity index is 1670. The maximum atomic E-state index is 13.5. The van der Waals surface area contributed by atoms with E-state index in [9.17, 15) is 18.0 Å². The van der Waals surface area contributed by atoms with Crippen LogP contribution in [-0.2, 0) is 32.5 Å². The van der Waals surface area contributed by atoms with Crippen LogP contribution < -0.4 is 5.32 Å². The van der Waals surface area contributed by atoms with E-state index in [1.54, 1.807) is 30.3 Å². The van der Waals surface area contributed by atoms with Crippen molar-refractivity contribution in [3.05, 3.63) is 130 Å². The zero-order valence-corrected chi connectivity index (χ0v) is 23.1.